The summed E-state index contributed by atoms with van der Waals surface area (Å²) in [4.78, 5) is 13.9. The molecule has 0 bridgehead atoms. The van der Waals surface area contributed by atoms with Crippen molar-refractivity contribution in [1.29, 1.82) is 0 Å². The molecule has 1 aliphatic heterocycles. The first kappa shape index (κ1) is 13.9. The standard InChI is InChI=1S/C15H27NO2/c1-11(2)16-9-7-12(8-10-16)13-5-3-4-6-14(13)15(17)18/h11-14H,3-10H2,1-2H3,(H,17,18)/t13-,14+/m0/s1. The molecular formula is C15H27NO2. The lowest BCUT2D eigenvalue weighted by Gasteiger charge is -2.41. The van der Waals surface area contributed by atoms with E-state index in [-0.39, 0.29) is 5.92 Å². The summed E-state index contributed by atoms with van der Waals surface area (Å²) in [6, 6.07) is 0.632. The van der Waals surface area contributed by atoms with E-state index in [0.29, 0.717) is 17.9 Å². The van der Waals surface area contributed by atoms with Crippen molar-refractivity contribution in [1.82, 2.24) is 4.90 Å². The minimum Gasteiger partial charge on any atom is -0.481 e. The maximum absolute atomic E-state index is 11.4. The van der Waals surface area contributed by atoms with Crippen LogP contribution in [0.3, 0.4) is 0 Å². The predicted molar refractivity (Wildman–Crippen MR) is 72.5 cm³/mol. The predicted octanol–water partition coefficient (Wildman–Crippen LogP) is 3.00. The van der Waals surface area contributed by atoms with Crippen molar-refractivity contribution in [3.05, 3.63) is 0 Å². The number of aliphatic carboxylic acids is 1. The van der Waals surface area contributed by atoms with Crippen molar-refractivity contribution in [2.45, 2.75) is 58.4 Å². The van der Waals surface area contributed by atoms with Crippen molar-refractivity contribution in [2.24, 2.45) is 17.8 Å². The van der Waals surface area contributed by atoms with Gasteiger partial charge in [-0.1, -0.05) is 12.8 Å². The Balaban J connectivity index is 1.93. The van der Waals surface area contributed by atoms with Gasteiger partial charge in [0.05, 0.1) is 5.92 Å². The van der Waals surface area contributed by atoms with Gasteiger partial charge in [0.25, 0.3) is 0 Å². The van der Waals surface area contributed by atoms with Gasteiger partial charge in [-0.05, 0) is 64.5 Å². The van der Waals surface area contributed by atoms with Gasteiger partial charge in [-0.25, -0.2) is 0 Å². The van der Waals surface area contributed by atoms with Crippen LogP contribution >= 0.6 is 0 Å². The van der Waals surface area contributed by atoms with E-state index in [9.17, 15) is 9.90 Å². The lowest BCUT2D eigenvalue weighted by Crippen LogP contribution is -2.42. The van der Waals surface area contributed by atoms with E-state index in [2.05, 4.69) is 18.7 Å². The number of nitrogens with zero attached hydrogens (tertiary/aromatic N) is 1. The number of hydrogen-bond acceptors (Lipinski definition) is 2. The fraction of sp³-hybridized carbons (Fsp3) is 0.933. The van der Waals surface area contributed by atoms with Gasteiger partial charge in [0.2, 0.25) is 0 Å². The second-order valence-electron chi connectivity index (χ2n) is 6.36. The third-order valence-electron chi connectivity index (χ3n) is 5.05. The number of hydrogen-bond donors (Lipinski definition) is 1. The molecule has 1 N–H and O–H groups in total. The molecule has 2 aliphatic rings. The Morgan fingerprint density at radius 3 is 2.28 bits per heavy atom. The zero-order valence-electron chi connectivity index (χ0n) is 11.8. The number of rotatable bonds is 3. The van der Waals surface area contributed by atoms with Gasteiger partial charge >= 0.3 is 5.97 Å². The summed E-state index contributed by atoms with van der Waals surface area (Å²) in [7, 11) is 0. The summed E-state index contributed by atoms with van der Waals surface area (Å²) in [5, 5.41) is 9.37. The van der Waals surface area contributed by atoms with Crippen LogP contribution in [0.1, 0.15) is 52.4 Å². The van der Waals surface area contributed by atoms with Crippen LogP contribution in [-0.4, -0.2) is 35.1 Å². The van der Waals surface area contributed by atoms with Crippen LogP contribution in [0.25, 0.3) is 0 Å². The Bertz CT molecular complexity index is 282. The summed E-state index contributed by atoms with van der Waals surface area (Å²) in [5.41, 5.74) is 0. The molecule has 1 saturated carbocycles. The van der Waals surface area contributed by atoms with Gasteiger partial charge in [-0.15, -0.1) is 0 Å². The van der Waals surface area contributed by atoms with Gasteiger partial charge in [0.1, 0.15) is 0 Å². The van der Waals surface area contributed by atoms with E-state index < -0.39 is 5.97 Å². The monoisotopic (exact) mass is 253 g/mol. The average molecular weight is 253 g/mol. The molecule has 18 heavy (non-hydrogen) atoms. The van der Waals surface area contributed by atoms with Gasteiger partial charge in [0.15, 0.2) is 0 Å². The molecule has 1 heterocycles. The Morgan fingerprint density at radius 1 is 1.11 bits per heavy atom. The minimum atomic E-state index is -0.550. The summed E-state index contributed by atoms with van der Waals surface area (Å²) < 4.78 is 0. The van der Waals surface area contributed by atoms with Crippen molar-refractivity contribution in [2.75, 3.05) is 13.1 Å². The first-order valence-corrected chi connectivity index (χ1v) is 7.56. The third-order valence-corrected chi connectivity index (χ3v) is 5.05. The summed E-state index contributed by atoms with van der Waals surface area (Å²) >= 11 is 0. The molecule has 104 valence electrons. The van der Waals surface area contributed by atoms with E-state index >= 15 is 0 Å². The van der Waals surface area contributed by atoms with Crippen LogP contribution in [-0.2, 0) is 4.79 Å². The smallest absolute Gasteiger partial charge is 0.306 e. The molecule has 1 aliphatic carbocycles. The Morgan fingerprint density at radius 2 is 1.72 bits per heavy atom. The minimum absolute atomic E-state index is 0.0608. The van der Waals surface area contributed by atoms with Gasteiger partial charge in [-0.2, -0.15) is 0 Å². The van der Waals surface area contributed by atoms with Crippen molar-refractivity contribution >= 4 is 5.97 Å². The lowest BCUT2D eigenvalue weighted by atomic mass is 9.69. The van der Waals surface area contributed by atoms with Gasteiger partial charge in [0, 0.05) is 6.04 Å². The highest BCUT2D eigenvalue weighted by Gasteiger charge is 2.37. The molecule has 2 rings (SSSR count). The molecule has 2 atom stereocenters. The second-order valence-corrected chi connectivity index (χ2v) is 6.36. The molecule has 0 radical (unpaired) electrons. The number of piperidine rings is 1. The Labute approximate surface area is 111 Å². The lowest BCUT2D eigenvalue weighted by molar-refractivity contribution is -0.146. The summed E-state index contributed by atoms with van der Waals surface area (Å²) in [5.74, 6) is 0.493. The Hall–Kier alpha value is -0.570. The molecular weight excluding hydrogens is 226 g/mol. The molecule has 0 spiro atoms. The summed E-state index contributed by atoms with van der Waals surface area (Å²) in [6.07, 6.45) is 6.80. The maximum Gasteiger partial charge on any atom is 0.306 e. The molecule has 0 unspecified atom stereocenters. The molecule has 0 aromatic carbocycles. The van der Waals surface area contributed by atoms with Crippen LogP contribution in [0.4, 0.5) is 0 Å². The molecule has 2 fully saturated rings. The van der Waals surface area contributed by atoms with Crippen LogP contribution in [0.2, 0.25) is 0 Å². The highest BCUT2D eigenvalue weighted by atomic mass is 16.4. The zero-order chi connectivity index (χ0) is 13.1. The second kappa shape index (κ2) is 6.05. The SMILES string of the molecule is CC(C)N1CCC([C@@H]2CCCC[C@H]2C(=O)O)CC1. The average Bonchev–Trinajstić information content (AvgIpc) is 2.39. The fourth-order valence-electron chi connectivity index (χ4n) is 3.89. The largest absolute Gasteiger partial charge is 0.481 e. The molecule has 3 heteroatoms. The van der Waals surface area contributed by atoms with Crippen molar-refractivity contribution < 1.29 is 9.90 Å². The van der Waals surface area contributed by atoms with Crippen LogP contribution in [0.5, 0.6) is 0 Å². The van der Waals surface area contributed by atoms with E-state index in [4.69, 9.17) is 0 Å². The van der Waals surface area contributed by atoms with E-state index in [1.807, 2.05) is 0 Å². The van der Waals surface area contributed by atoms with E-state index in [1.54, 1.807) is 0 Å². The number of carbonyl (C=O) groups is 1. The quantitative estimate of drug-likeness (QED) is 0.840. The highest BCUT2D eigenvalue weighted by molar-refractivity contribution is 5.70. The van der Waals surface area contributed by atoms with Gasteiger partial charge < -0.3 is 10.0 Å². The summed E-state index contributed by atoms with van der Waals surface area (Å²) in [6.45, 7) is 6.82. The van der Waals surface area contributed by atoms with E-state index in [1.165, 1.54) is 19.3 Å². The third kappa shape index (κ3) is 3.05. The number of carboxylic acid groups (broad SMARTS) is 1. The molecule has 0 aromatic rings. The van der Waals surface area contributed by atoms with Crippen molar-refractivity contribution in [3.8, 4) is 0 Å². The van der Waals surface area contributed by atoms with Crippen molar-refractivity contribution in [3.63, 3.8) is 0 Å². The molecule has 0 aromatic heterocycles. The topological polar surface area (TPSA) is 40.5 Å². The first-order valence-electron chi connectivity index (χ1n) is 7.56. The first-order chi connectivity index (χ1) is 8.59. The molecule has 0 amide bonds. The van der Waals surface area contributed by atoms with Crippen LogP contribution in [0, 0.1) is 17.8 Å². The number of likely N-dealkylation sites (tertiary alicyclic amines) is 1. The van der Waals surface area contributed by atoms with Crippen LogP contribution < -0.4 is 0 Å². The van der Waals surface area contributed by atoms with E-state index in [0.717, 1.165) is 32.4 Å². The normalized spacial score (nSPS) is 31.7. The molecule has 1 saturated heterocycles. The maximum atomic E-state index is 11.4. The zero-order valence-corrected chi connectivity index (χ0v) is 11.8. The van der Waals surface area contributed by atoms with Crippen LogP contribution in [0.15, 0.2) is 0 Å². The molecule has 3 nitrogen and oxygen atoms in total. The fourth-order valence-corrected chi connectivity index (χ4v) is 3.89. The highest BCUT2D eigenvalue weighted by Crippen LogP contribution is 2.39. The van der Waals surface area contributed by atoms with Gasteiger partial charge in [-0.3, -0.25) is 4.79 Å². The Kier molecular flexibility index (Phi) is 4.66. The number of carboxylic acids is 1.